The zero-order valence-corrected chi connectivity index (χ0v) is 9.08. The first-order valence-corrected chi connectivity index (χ1v) is 5.15. The molecule has 1 aliphatic heterocycles. The Kier molecular flexibility index (Phi) is 5.07. The molecule has 0 radical (unpaired) electrons. The van der Waals surface area contributed by atoms with Gasteiger partial charge in [0.1, 0.15) is 6.61 Å². The summed E-state index contributed by atoms with van der Waals surface area (Å²) in [6.45, 7) is 2.87. The second kappa shape index (κ2) is 6.11. The van der Waals surface area contributed by atoms with Gasteiger partial charge in [0.15, 0.2) is 5.78 Å². The molecule has 0 saturated carbocycles. The van der Waals surface area contributed by atoms with Crippen LogP contribution in [0.3, 0.4) is 0 Å². The molecule has 14 heavy (non-hydrogen) atoms. The highest BCUT2D eigenvalue weighted by molar-refractivity contribution is 5.81. The van der Waals surface area contributed by atoms with Crippen LogP contribution >= 0.6 is 0 Å². The quantitative estimate of drug-likeness (QED) is 0.672. The minimum atomic E-state index is 0.161. The molecule has 4 heteroatoms. The molecule has 0 spiro atoms. The first-order chi connectivity index (χ1) is 6.74. The van der Waals surface area contributed by atoms with E-state index in [2.05, 4.69) is 10.2 Å². The summed E-state index contributed by atoms with van der Waals surface area (Å²) in [4.78, 5) is 13.5. The predicted molar refractivity (Wildman–Crippen MR) is 55.4 cm³/mol. The molecule has 0 aliphatic carbocycles. The number of rotatable bonds is 5. The molecule has 0 aromatic carbocycles. The van der Waals surface area contributed by atoms with Gasteiger partial charge in [-0.15, -0.1) is 0 Å². The number of piperidine rings is 1. The number of Topliss-reactive ketones (excluding diaryl/α,β-unsaturated/α-hetero) is 1. The Hall–Kier alpha value is -0.450. The lowest BCUT2D eigenvalue weighted by Gasteiger charge is -2.30. The second-order valence-corrected chi connectivity index (χ2v) is 3.87. The van der Waals surface area contributed by atoms with Gasteiger partial charge in [-0.3, -0.25) is 9.69 Å². The monoisotopic (exact) mass is 200 g/mol. The Labute approximate surface area is 85.6 Å². The fourth-order valence-electron chi connectivity index (χ4n) is 1.86. The van der Waals surface area contributed by atoms with Crippen LogP contribution in [0, 0.1) is 0 Å². The van der Waals surface area contributed by atoms with Crippen LogP contribution in [0.4, 0.5) is 0 Å². The average Bonchev–Trinajstić information content (AvgIpc) is 2.19. The topological polar surface area (TPSA) is 41.6 Å². The Morgan fingerprint density at radius 3 is 2.71 bits per heavy atom. The molecule has 82 valence electrons. The lowest BCUT2D eigenvalue weighted by Crippen LogP contribution is -2.43. The van der Waals surface area contributed by atoms with E-state index in [0.29, 0.717) is 12.6 Å². The summed E-state index contributed by atoms with van der Waals surface area (Å²) in [5, 5.41) is 3.31. The average molecular weight is 200 g/mol. The van der Waals surface area contributed by atoms with E-state index in [1.165, 1.54) is 0 Å². The van der Waals surface area contributed by atoms with Gasteiger partial charge in [0.2, 0.25) is 0 Å². The van der Waals surface area contributed by atoms with E-state index in [4.69, 9.17) is 4.74 Å². The summed E-state index contributed by atoms with van der Waals surface area (Å²) in [6.07, 6.45) is 2.27. The maximum absolute atomic E-state index is 11.3. The largest absolute Gasteiger partial charge is 0.377 e. The first-order valence-electron chi connectivity index (χ1n) is 5.15. The Balaban J connectivity index is 2.25. The van der Waals surface area contributed by atoms with Crippen LogP contribution in [0.2, 0.25) is 0 Å². The van der Waals surface area contributed by atoms with Gasteiger partial charge in [-0.25, -0.2) is 0 Å². The van der Waals surface area contributed by atoms with Crippen molar-refractivity contribution in [2.75, 3.05) is 40.4 Å². The molecule has 0 amide bonds. The van der Waals surface area contributed by atoms with E-state index >= 15 is 0 Å². The molecular weight excluding hydrogens is 180 g/mol. The molecule has 0 atom stereocenters. The van der Waals surface area contributed by atoms with Crippen LogP contribution in [-0.4, -0.2) is 57.1 Å². The number of likely N-dealkylation sites (N-methyl/N-ethyl adjacent to an activating group) is 1. The van der Waals surface area contributed by atoms with Crippen molar-refractivity contribution in [3.05, 3.63) is 0 Å². The van der Waals surface area contributed by atoms with E-state index in [0.717, 1.165) is 25.9 Å². The molecule has 0 aromatic heterocycles. The normalized spacial score (nSPS) is 18.8. The number of ketones is 1. The summed E-state index contributed by atoms with van der Waals surface area (Å²) < 4.78 is 4.80. The number of methoxy groups -OCH3 is 1. The maximum atomic E-state index is 11.3. The molecule has 1 aliphatic rings. The fraction of sp³-hybridized carbons (Fsp3) is 0.900. The van der Waals surface area contributed by atoms with Gasteiger partial charge in [-0.05, 0) is 33.0 Å². The van der Waals surface area contributed by atoms with E-state index in [-0.39, 0.29) is 12.4 Å². The van der Waals surface area contributed by atoms with Gasteiger partial charge >= 0.3 is 0 Å². The highest BCUT2D eigenvalue weighted by atomic mass is 16.5. The summed E-state index contributed by atoms with van der Waals surface area (Å²) >= 11 is 0. The van der Waals surface area contributed by atoms with Gasteiger partial charge in [-0.2, -0.15) is 0 Å². The van der Waals surface area contributed by atoms with Crippen LogP contribution in [0.15, 0.2) is 0 Å². The SMILES string of the molecule is COCC(=O)CN(C)C1CCNCC1. The zero-order chi connectivity index (χ0) is 10.4. The molecular formula is C10H20N2O2. The zero-order valence-electron chi connectivity index (χ0n) is 9.08. The van der Waals surface area contributed by atoms with Crippen molar-refractivity contribution in [1.82, 2.24) is 10.2 Å². The third-order valence-corrected chi connectivity index (χ3v) is 2.66. The van der Waals surface area contributed by atoms with Gasteiger partial charge in [0.25, 0.3) is 0 Å². The first kappa shape index (κ1) is 11.6. The van der Waals surface area contributed by atoms with Gasteiger partial charge < -0.3 is 10.1 Å². The Morgan fingerprint density at radius 2 is 2.14 bits per heavy atom. The van der Waals surface area contributed by atoms with Crippen molar-refractivity contribution >= 4 is 5.78 Å². The lowest BCUT2D eigenvalue weighted by molar-refractivity contribution is -0.124. The second-order valence-electron chi connectivity index (χ2n) is 3.87. The molecule has 0 bridgehead atoms. The summed E-state index contributed by atoms with van der Waals surface area (Å²) in [5.41, 5.74) is 0. The van der Waals surface area contributed by atoms with Gasteiger partial charge in [-0.1, -0.05) is 0 Å². The molecule has 4 nitrogen and oxygen atoms in total. The summed E-state index contributed by atoms with van der Waals surface area (Å²) in [5.74, 6) is 0.161. The minimum absolute atomic E-state index is 0.161. The van der Waals surface area contributed by atoms with E-state index in [1.807, 2.05) is 7.05 Å². The van der Waals surface area contributed by atoms with Gasteiger partial charge in [0, 0.05) is 13.2 Å². The lowest BCUT2D eigenvalue weighted by atomic mass is 10.1. The van der Waals surface area contributed by atoms with E-state index in [9.17, 15) is 4.79 Å². The third-order valence-electron chi connectivity index (χ3n) is 2.66. The number of nitrogens with zero attached hydrogens (tertiary/aromatic N) is 1. The van der Waals surface area contributed by atoms with E-state index in [1.54, 1.807) is 7.11 Å². The Morgan fingerprint density at radius 1 is 1.50 bits per heavy atom. The number of carbonyl (C=O) groups is 1. The van der Waals surface area contributed by atoms with Crippen molar-refractivity contribution in [2.45, 2.75) is 18.9 Å². The van der Waals surface area contributed by atoms with E-state index < -0.39 is 0 Å². The van der Waals surface area contributed by atoms with Crippen LogP contribution in [0.5, 0.6) is 0 Å². The Bertz CT molecular complexity index is 179. The molecule has 1 N–H and O–H groups in total. The molecule has 1 rings (SSSR count). The molecule has 1 heterocycles. The van der Waals surface area contributed by atoms with Crippen molar-refractivity contribution in [1.29, 1.82) is 0 Å². The third kappa shape index (κ3) is 3.74. The number of nitrogens with one attached hydrogen (secondary N) is 1. The smallest absolute Gasteiger partial charge is 0.172 e. The fourth-order valence-corrected chi connectivity index (χ4v) is 1.86. The predicted octanol–water partition coefficient (Wildman–Crippen LogP) is -0.114. The van der Waals surface area contributed by atoms with Gasteiger partial charge in [0.05, 0.1) is 6.54 Å². The van der Waals surface area contributed by atoms with Crippen molar-refractivity contribution in [3.63, 3.8) is 0 Å². The number of ether oxygens (including phenoxy) is 1. The number of hydrogen-bond donors (Lipinski definition) is 1. The summed E-state index contributed by atoms with van der Waals surface area (Å²) in [7, 11) is 3.58. The van der Waals surface area contributed by atoms with Crippen LogP contribution in [0.25, 0.3) is 0 Å². The summed E-state index contributed by atoms with van der Waals surface area (Å²) in [6, 6.07) is 0.553. The highest BCUT2D eigenvalue weighted by Crippen LogP contribution is 2.09. The number of hydrogen-bond acceptors (Lipinski definition) is 4. The van der Waals surface area contributed by atoms with Crippen molar-refractivity contribution in [3.8, 4) is 0 Å². The van der Waals surface area contributed by atoms with Crippen LogP contribution in [0.1, 0.15) is 12.8 Å². The van der Waals surface area contributed by atoms with Crippen LogP contribution < -0.4 is 5.32 Å². The van der Waals surface area contributed by atoms with Crippen LogP contribution in [-0.2, 0) is 9.53 Å². The van der Waals surface area contributed by atoms with Crippen molar-refractivity contribution < 1.29 is 9.53 Å². The number of carbonyl (C=O) groups excluding carboxylic acids is 1. The molecule has 0 unspecified atom stereocenters. The maximum Gasteiger partial charge on any atom is 0.172 e. The van der Waals surface area contributed by atoms with Crippen molar-refractivity contribution in [2.24, 2.45) is 0 Å². The minimum Gasteiger partial charge on any atom is -0.377 e. The molecule has 1 saturated heterocycles. The standard InChI is InChI=1S/C10H20N2O2/c1-12(7-10(13)8-14-2)9-3-5-11-6-4-9/h9,11H,3-8H2,1-2H3. The molecule has 0 aromatic rings. The molecule has 1 fully saturated rings. The highest BCUT2D eigenvalue weighted by Gasteiger charge is 2.19.